The molecule has 1 fully saturated rings. The number of anilines is 1. The summed E-state index contributed by atoms with van der Waals surface area (Å²) in [7, 11) is 0. The van der Waals surface area contributed by atoms with Crippen LogP contribution in [0.5, 0.6) is 0 Å². The summed E-state index contributed by atoms with van der Waals surface area (Å²) in [5.74, 6) is -0.0967. The molecule has 0 radical (unpaired) electrons. The molecule has 1 saturated heterocycles. The van der Waals surface area contributed by atoms with Crippen LogP contribution in [0.25, 0.3) is 0 Å². The standard InChI is InChI=1S/C18H23FN4OS/c1-3-14-13(2)25-17(21-14)22-16(24)12-23-10-7-18(19,8-11-23)15-6-4-5-9-20-15/h4-6,9H,3,7-8,10-12H2,1-2H3,(H,21,22,24). The zero-order chi connectivity index (χ0) is 17.9. The number of nitrogens with one attached hydrogen (secondary N) is 1. The highest BCUT2D eigenvalue weighted by Gasteiger charge is 2.37. The summed E-state index contributed by atoms with van der Waals surface area (Å²) in [6, 6.07) is 5.33. The van der Waals surface area contributed by atoms with Crippen molar-refractivity contribution in [2.75, 3.05) is 25.0 Å². The van der Waals surface area contributed by atoms with Crippen molar-refractivity contribution in [2.45, 2.75) is 38.8 Å². The van der Waals surface area contributed by atoms with Gasteiger partial charge in [0, 0.05) is 24.2 Å². The first-order valence-electron chi connectivity index (χ1n) is 8.59. The molecule has 25 heavy (non-hydrogen) atoms. The fourth-order valence-corrected chi connectivity index (χ4v) is 4.04. The van der Waals surface area contributed by atoms with Gasteiger partial charge in [-0.1, -0.05) is 13.0 Å². The van der Waals surface area contributed by atoms with E-state index in [1.54, 1.807) is 18.3 Å². The first-order valence-corrected chi connectivity index (χ1v) is 9.41. The van der Waals surface area contributed by atoms with Gasteiger partial charge in [-0.05, 0) is 38.3 Å². The summed E-state index contributed by atoms with van der Waals surface area (Å²) in [6.45, 7) is 5.40. The lowest BCUT2D eigenvalue weighted by Gasteiger charge is -2.35. The molecule has 5 nitrogen and oxygen atoms in total. The summed E-state index contributed by atoms with van der Waals surface area (Å²) in [5.41, 5.74) is 0.122. The van der Waals surface area contributed by atoms with Gasteiger partial charge in [0.1, 0.15) is 0 Å². The quantitative estimate of drug-likeness (QED) is 0.887. The van der Waals surface area contributed by atoms with Crippen LogP contribution in [0.1, 0.15) is 36.0 Å². The van der Waals surface area contributed by atoms with E-state index in [9.17, 15) is 4.79 Å². The van der Waals surface area contributed by atoms with Crippen molar-refractivity contribution in [3.63, 3.8) is 0 Å². The van der Waals surface area contributed by atoms with E-state index in [0.29, 0.717) is 36.8 Å². The lowest BCUT2D eigenvalue weighted by Crippen LogP contribution is -2.43. The van der Waals surface area contributed by atoms with Crippen molar-refractivity contribution in [3.05, 3.63) is 40.7 Å². The van der Waals surface area contributed by atoms with Crippen LogP contribution in [0.2, 0.25) is 0 Å². The number of alkyl halides is 1. The second-order valence-corrected chi connectivity index (χ2v) is 7.58. The minimum atomic E-state index is -1.39. The van der Waals surface area contributed by atoms with Crippen molar-refractivity contribution in [3.8, 4) is 0 Å². The number of piperidine rings is 1. The largest absolute Gasteiger partial charge is 0.301 e. The number of thiazole rings is 1. The third-order valence-corrected chi connectivity index (χ3v) is 5.54. The van der Waals surface area contributed by atoms with Crippen molar-refractivity contribution in [1.29, 1.82) is 0 Å². The van der Waals surface area contributed by atoms with Crippen LogP contribution in [0.4, 0.5) is 9.52 Å². The van der Waals surface area contributed by atoms with Gasteiger partial charge in [0.15, 0.2) is 10.8 Å². The van der Waals surface area contributed by atoms with Crippen LogP contribution >= 0.6 is 11.3 Å². The lowest BCUT2D eigenvalue weighted by atomic mass is 9.89. The summed E-state index contributed by atoms with van der Waals surface area (Å²) < 4.78 is 15.1. The van der Waals surface area contributed by atoms with Gasteiger partial charge in [-0.2, -0.15) is 0 Å². The second-order valence-electron chi connectivity index (χ2n) is 6.38. The molecule has 0 aliphatic carbocycles. The summed E-state index contributed by atoms with van der Waals surface area (Å²) >= 11 is 1.50. The number of carbonyl (C=O) groups excluding carboxylic acids is 1. The number of aromatic nitrogens is 2. The predicted octanol–water partition coefficient (Wildman–Crippen LogP) is 3.31. The molecule has 2 aromatic heterocycles. The normalized spacial score (nSPS) is 17.4. The first-order chi connectivity index (χ1) is 12.0. The zero-order valence-electron chi connectivity index (χ0n) is 14.6. The lowest BCUT2D eigenvalue weighted by molar-refractivity contribution is -0.118. The number of likely N-dealkylation sites (tertiary alicyclic amines) is 1. The van der Waals surface area contributed by atoms with Crippen molar-refractivity contribution in [1.82, 2.24) is 14.9 Å². The molecule has 1 amide bonds. The van der Waals surface area contributed by atoms with E-state index in [4.69, 9.17) is 0 Å². The number of halogens is 1. The monoisotopic (exact) mass is 362 g/mol. The Kier molecular flexibility index (Phi) is 5.44. The maximum Gasteiger partial charge on any atom is 0.240 e. The number of carbonyl (C=O) groups is 1. The fourth-order valence-electron chi connectivity index (χ4n) is 3.12. The minimum absolute atomic E-state index is 0.0967. The predicted molar refractivity (Wildman–Crippen MR) is 97.6 cm³/mol. The Morgan fingerprint density at radius 1 is 1.40 bits per heavy atom. The maximum atomic E-state index is 15.1. The van der Waals surface area contributed by atoms with Crippen LogP contribution in [-0.2, 0) is 16.9 Å². The molecule has 0 atom stereocenters. The first kappa shape index (κ1) is 17.9. The van der Waals surface area contributed by atoms with Gasteiger partial charge >= 0.3 is 0 Å². The van der Waals surface area contributed by atoms with Gasteiger partial charge in [-0.25, -0.2) is 9.37 Å². The van der Waals surface area contributed by atoms with Gasteiger partial charge in [0.25, 0.3) is 0 Å². The Morgan fingerprint density at radius 2 is 2.16 bits per heavy atom. The average molecular weight is 362 g/mol. The molecule has 0 bridgehead atoms. The molecule has 0 aromatic carbocycles. The SMILES string of the molecule is CCc1nc(NC(=O)CN2CCC(F)(c3ccccn3)CC2)sc1C. The van der Waals surface area contributed by atoms with Crippen LogP contribution in [0.3, 0.4) is 0 Å². The number of rotatable bonds is 5. The van der Waals surface area contributed by atoms with E-state index in [-0.39, 0.29) is 12.5 Å². The van der Waals surface area contributed by atoms with Crippen LogP contribution in [0, 0.1) is 6.92 Å². The number of hydrogen-bond donors (Lipinski definition) is 1. The van der Waals surface area contributed by atoms with Gasteiger partial charge in [-0.15, -0.1) is 11.3 Å². The molecule has 7 heteroatoms. The van der Waals surface area contributed by atoms with Gasteiger partial charge in [0.05, 0.1) is 17.9 Å². The molecule has 1 aliphatic heterocycles. The summed E-state index contributed by atoms with van der Waals surface area (Å²) in [4.78, 5) is 23.9. The smallest absolute Gasteiger partial charge is 0.240 e. The average Bonchev–Trinajstić information content (AvgIpc) is 2.97. The van der Waals surface area contributed by atoms with E-state index >= 15 is 4.39 Å². The van der Waals surface area contributed by atoms with Gasteiger partial charge in [-0.3, -0.25) is 14.7 Å². The van der Waals surface area contributed by atoms with E-state index in [1.165, 1.54) is 11.3 Å². The van der Waals surface area contributed by atoms with E-state index in [2.05, 4.69) is 15.3 Å². The number of hydrogen-bond acceptors (Lipinski definition) is 5. The number of amides is 1. The van der Waals surface area contributed by atoms with Crippen LogP contribution in [0.15, 0.2) is 24.4 Å². The summed E-state index contributed by atoms with van der Waals surface area (Å²) in [6.07, 6.45) is 3.19. The highest BCUT2D eigenvalue weighted by molar-refractivity contribution is 7.15. The molecular weight excluding hydrogens is 339 g/mol. The van der Waals surface area contributed by atoms with Crippen LogP contribution in [-0.4, -0.2) is 40.4 Å². The van der Waals surface area contributed by atoms with Gasteiger partial charge < -0.3 is 5.32 Å². The number of pyridine rings is 1. The van der Waals surface area contributed by atoms with Crippen molar-refractivity contribution < 1.29 is 9.18 Å². The highest BCUT2D eigenvalue weighted by Crippen LogP contribution is 2.35. The zero-order valence-corrected chi connectivity index (χ0v) is 15.4. The Balaban J connectivity index is 1.52. The highest BCUT2D eigenvalue weighted by atomic mass is 32.1. The molecule has 0 saturated carbocycles. The Bertz CT molecular complexity index is 726. The van der Waals surface area contributed by atoms with Crippen LogP contribution < -0.4 is 5.32 Å². The molecule has 0 spiro atoms. The Labute approximate surface area is 151 Å². The second kappa shape index (κ2) is 7.58. The molecule has 134 valence electrons. The molecule has 3 rings (SSSR count). The van der Waals surface area contributed by atoms with Crippen molar-refractivity contribution >= 4 is 22.4 Å². The molecule has 0 unspecified atom stereocenters. The van der Waals surface area contributed by atoms with Gasteiger partial charge in [0.2, 0.25) is 5.91 Å². The van der Waals surface area contributed by atoms with Crippen molar-refractivity contribution in [2.24, 2.45) is 0 Å². The molecule has 2 aromatic rings. The number of nitrogens with zero attached hydrogens (tertiary/aromatic N) is 3. The topological polar surface area (TPSA) is 58.1 Å². The van der Waals surface area contributed by atoms with E-state index < -0.39 is 5.67 Å². The Hall–Kier alpha value is -1.86. The maximum absolute atomic E-state index is 15.1. The molecule has 1 aliphatic rings. The molecule has 3 heterocycles. The number of aryl methyl sites for hydroxylation is 2. The third-order valence-electron chi connectivity index (χ3n) is 4.61. The third kappa shape index (κ3) is 4.22. The minimum Gasteiger partial charge on any atom is -0.301 e. The van der Waals surface area contributed by atoms with E-state index in [0.717, 1.165) is 17.0 Å². The molecular formula is C18H23FN4OS. The Morgan fingerprint density at radius 3 is 2.76 bits per heavy atom. The van der Waals surface area contributed by atoms with E-state index in [1.807, 2.05) is 24.8 Å². The fraction of sp³-hybridized carbons (Fsp3) is 0.500. The summed E-state index contributed by atoms with van der Waals surface area (Å²) in [5, 5.41) is 3.50. The molecule has 1 N–H and O–H groups in total.